The van der Waals surface area contributed by atoms with Gasteiger partial charge in [0, 0.05) is 18.7 Å². The maximum atomic E-state index is 13.6. The third-order valence-corrected chi connectivity index (χ3v) is 8.48. The second-order valence-corrected chi connectivity index (χ2v) is 10.8. The molecule has 9 heteroatoms. The van der Waals surface area contributed by atoms with Crippen LogP contribution in [0.5, 0.6) is 0 Å². The van der Waals surface area contributed by atoms with E-state index in [9.17, 15) is 13.2 Å². The van der Waals surface area contributed by atoms with Gasteiger partial charge in [0.2, 0.25) is 0 Å². The molecule has 0 aliphatic rings. The maximum Gasteiger partial charge on any atom is 0.260 e. The Hall–Kier alpha value is -2.00. The normalized spacial score (nSPS) is 11.5. The van der Waals surface area contributed by atoms with E-state index in [4.69, 9.17) is 4.98 Å². The van der Waals surface area contributed by atoms with Crippen molar-refractivity contribution in [2.45, 2.75) is 39.0 Å². The summed E-state index contributed by atoms with van der Waals surface area (Å²) in [6, 6.07) is 12.4. The largest absolute Gasteiger partial charge is 0.302 e. The van der Waals surface area contributed by atoms with E-state index in [0.717, 1.165) is 35.3 Å². The summed E-state index contributed by atoms with van der Waals surface area (Å²) in [6.07, 6.45) is 0.866. The Morgan fingerprint density at radius 3 is 2.33 bits per heavy atom. The van der Waals surface area contributed by atoms with E-state index in [2.05, 4.69) is 31.7 Å². The summed E-state index contributed by atoms with van der Waals surface area (Å²) >= 11 is 1.50. The molecule has 1 aromatic heterocycles. The van der Waals surface area contributed by atoms with Gasteiger partial charge < -0.3 is 4.90 Å². The molecule has 3 rings (SSSR count). The highest BCUT2D eigenvalue weighted by molar-refractivity contribution is 7.91. The van der Waals surface area contributed by atoms with Gasteiger partial charge in [0.15, 0.2) is 15.0 Å². The van der Waals surface area contributed by atoms with Gasteiger partial charge in [0.05, 0.1) is 20.9 Å². The molecule has 2 aromatic carbocycles. The lowest BCUT2D eigenvalue weighted by molar-refractivity contribution is 0.0983. The molecule has 1 heterocycles. The van der Waals surface area contributed by atoms with E-state index in [-0.39, 0.29) is 29.0 Å². The Morgan fingerprint density at radius 2 is 1.70 bits per heavy atom. The highest BCUT2D eigenvalue weighted by atomic mass is 35.5. The van der Waals surface area contributed by atoms with Crippen molar-refractivity contribution < 1.29 is 13.2 Å². The van der Waals surface area contributed by atoms with E-state index >= 15 is 0 Å². The van der Waals surface area contributed by atoms with Gasteiger partial charge in [-0.25, -0.2) is 13.4 Å². The highest BCUT2D eigenvalue weighted by Crippen LogP contribution is 2.32. The van der Waals surface area contributed by atoms with Crippen LogP contribution >= 0.6 is 23.7 Å². The number of nitrogens with zero attached hydrogens (tertiary/aromatic N) is 3. The van der Waals surface area contributed by atoms with Crippen LogP contribution in [-0.4, -0.2) is 56.1 Å². The Morgan fingerprint density at radius 1 is 1.00 bits per heavy atom. The molecule has 33 heavy (non-hydrogen) atoms. The molecular formula is C24H32ClN3O3S2. The van der Waals surface area contributed by atoms with Gasteiger partial charge in [-0.15, -0.1) is 12.4 Å². The standard InChI is InChI=1S/C24H31N3O3S2.ClH/c1-5-18-11-10-14-21-22(18)25-24(31-21)27(16-15-26(6-2)7-3)23(28)19-12-9-13-20(17-19)32(29,30)8-4;/h9-14,17H,5-8,15-16H2,1-4H3;1H. The molecule has 0 N–H and O–H groups in total. The number of sulfone groups is 1. The lowest BCUT2D eigenvalue weighted by Crippen LogP contribution is -2.39. The number of benzene rings is 2. The van der Waals surface area contributed by atoms with Crippen LogP contribution in [-0.2, 0) is 16.3 Å². The molecule has 0 aliphatic carbocycles. The van der Waals surface area contributed by atoms with Gasteiger partial charge in [-0.2, -0.15) is 0 Å². The number of anilines is 1. The molecule has 0 radical (unpaired) electrons. The number of carbonyl (C=O) groups is 1. The van der Waals surface area contributed by atoms with Crippen molar-refractivity contribution in [3.05, 3.63) is 53.6 Å². The summed E-state index contributed by atoms with van der Waals surface area (Å²) < 4.78 is 25.8. The van der Waals surface area contributed by atoms with Crippen molar-refractivity contribution in [3.8, 4) is 0 Å². The van der Waals surface area contributed by atoms with Crippen molar-refractivity contribution in [1.29, 1.82) is 0 Å². The number of aryl methyl sites for hydroxylation is 1. The highest BCUT2D eigenvalue weighted by Gasteiger charge is 2.24. The zero-order valence-corrected chi connectivity index (χ0v) is 22.0. The van der Waals surface area contributed by atoms with Crippen LogP contribution in [0.3, 0.4) is 0 Å². The molecule has 0 saturated carbocycles. The molecule has 0 bridgehead atoms. The molecule has 0 atom stereocenters. The van der Waals surface area contributed by atoms with E-state index in [0.29, 0.717) is 23.8 Å². The third-order valence-electron chi connectivity index (χ3n) is 5.70. The van der Waals surface area contributed by atoms with E-state index in [1.807, 2.05) is 12.1 Å². The number of carbonyl (C=O) groups excluding carboxylic acids is 1. The summed E-state index contributed by atoms with van der Waals surface area (Å²) in [5, 5.41) is 0.641. The predicted octanol–water partition coefficient (Wildman–Crippen LogP) is 5.06. The molecule has 1 amide bonds. The van der Waals surface area contributed by atoms with Gasteiger partial charge in [0.25, 0.3) is 5.91 Å². The maximum absolute atomic E-state index is 13.6. The first-order valence-corrected chi connectivity index (χ1v) is 13.6. The SMILES string of the molecule is CCc1cccc2sc(N(CCN(CC)CC)C(=O)c3cccc(S(=O)(=O)CC)c3)nc12.Cl. The van der Waals surface area contributed by atoms with Crippen molar-refractivity contribution in [2.24, 2.45) is 0 Å². The number of hydrogen-bond acceptors (Lipinski definition) is 6. The molecular weight excluding hydrogens is 478 g/mol. The van der Waals surface area contributed by atoms with Crippen LogP contribution < -0.4 is 4.90 Å². The van der Waals surface area contributed by atoms with Gasteiger partial charge >= 0.3 is 0 Å². The molecule has 0 saturated heterocycles. The molecule has 0 aliphatic heterocycles. The van der Waals surface area contributed by atoms with Crippen LogP contribution in [0.1, 0.15) is 43.6 Å². The van der Waals surface area contributed by atoms with Crippen molar-refractivity contribution >= 4 is 54.8 Å². The number of thiazole rings is 1. The van der Waals surface area contributed by atoms with E-state index < -0.39 is 9.84 Å². The average molecular weight is 510 g/mol. The Balaban J connectivity index is 0.00000385. The first-order chi connectivity index (χ1) is 15.3. The molecule has 0 unspecified atom stereocenters. The molecule has 0 fully saturated rings. The minimum Gasteiger partial charge on any atom is -0.302 e. The summed E-state index contributed by atoms with van der Waals surface area (Å²) in [5.41, 5.74) is 2.43. The number of hydrogen-bond donors (Lipinski definition) is 0. The second kappa shape index (κ2) is 11.9. The number of fused-ring (bicyclic) bond motifs is 1. The molecule has 3 aromatic rings. The summed E-state index contributed by atoms with van der Waals surface area (Å²) in [4.78, 5) is 22.6. The monoisotopic (exact) mass is 509 g/mol. The fourth-order valence-corrected chi connectivity index (χ4v) is 5.57. The number of para-hydroxylation sites is 1. The predicted molar refractivity (Wildman–Crippen MR) is 140 cm³/mol. The van der Waals surface area contributed by atoms with Gasteiger partial charge in [0.1, 0.15) is 0 Å². The first-order valence-electron chi connectivity index (χ1n) is 11.1. The van der Waals surface area contributed by atoms with Crippen LogP contribution in [0.2, 0.25) is 0 Å². The number of likely N-dealkylation sites (N-methyl/N-ethyl adjacent to an activating group) is 1. The zero-order valence-electron chi connectivity index (χ0n) is 19.6. The Bertz CT molecular complexity index is 1190. The molecule has 180 valence electrons. The lowest BCUT2D eigenvalue weighted by atomic mass is 10.1. The Kier molecular flexibility index (Phi) is 9.84. The number of amides is 1. The van der Waals surface area contributed by atoms with Crippen LogP contribution in [0.15, 0.2) is 47.4 Å². The van der Waals surface area contributed by atoms with Crippen LogP contribution in [0.4, 0.5) is 5.13 Å². The summed E-state index contributed by atoms with van der Waals surface area (Å²) in [5.74, 6) is -0.240. The molecule has 0 spiro atoms. The lowest BCUT2D eigenvalue weighted by Gasteiger charge is -2.25. The van der Waals surface area contributed by atoms with E-state index in [1.165, 1.54) is 17.4 Å². The zero-order chi connectivity index (χ0) is 23.3. The van der Waals surface area contributed by atoms with Crippen LogP contribution in [0, 0.1) is 0 Å². The number of halogens is 1. The fourth-order valence-electron chi connectivity index (χ4n) is 3.60. The smallest absolute Gasteiger partial charge is 0.260 e. The van der Waals surface area contributed by atoms with Gasteiger partial charge in [-0.3, -0.25) is 9.69 Å². The summed E-state index contributed by atoms with van der Waals surface area (Å²) in [7, 11) is -3.40. The number of aromatic nitrogens is 1. The summed E-state index contributed by atoms with van der Waals surface area (Å²) in [6.45, 7) is 10.9. The minimum atomic E-state index is -3.40. The van der Waals surface area contributed by atoms with Crippen molar-refractivity contribution in [3.63, 3.8) is 0 Å². The van der Waals surface area contributed by atoms with Crippen molar-refractivity contribution in [1.82, 2.24) is 9.88 Å². The minimum absolute atomic E-state index is 0. The second-order valence-electron chi connectivity index (χ2n) is 7.53. The van der Waals surface area contributed by atoms with Crippen molar-refractivity contribution in [2.75, 3.05) is 36.8 Å². The quantitative estimate of drug-likeness (QED) is 0.382. The van der Waals surface area contributed by atoms with Gasteiger partial charge in [-0.05, 0) is 49.3 Å². The molecule has 6 nitrogen and oxygen atoms in total. The van der Waals surface area contributed by atoms with Gasteiger partial charge in [-0.1, -0.05) is 57.2 Å². The number of rotatable bonds is 10. The first kappa shape index (κ1) is 27.2. The van der Waals surface area contributed by atoms with E-state index in [1.54, 1.807) is 30.0 Å². The fraction of sp³-hybridized carbons (Fsp3) is 0.417. The topological polar surface area (TPSA) is 70.6 Å². The third kappa shape index (κ3) is 6.12. The average Bonchev–Trinajstić information content (AvgIpc) is 3.25. The Labute approximate surface area is 207 Å². The van der Waals surface area contributed by atoms with Crippen LogP contribution in [0.25, 0.3) is 10.2 Å².